The molecule has 1 nitrogen and oxygen atoms in total. The van der Waals surface area contributed by atoms with Crippen LogP contribution in [-0.4, -0.2) is 23.9 Å². The van der Waals surface area contributed by atoms with E-state index in [1.54, 1.807) is 0 Å². The van der Waals surface area contributed by atoms with Crippen molar-refractivity contribution in [1.82, 2.24) is 4.67 Å². The highest BCUT2D eigenvalue weighted by atomic mass is 31.1. The van der Waals surface area contributed by atoms with Gasteiger partial charge in [0, 0.05) is 14.6 Å². The third-order valence-corrected chi connectivity index (χ3v) is 12.7. The molecule has 0 bridgehead atoms. The van der Waals surface area contributed by atoms with Gasteiger partial charge in [0.2, 0.25) is 0 Å². The summed E-state index contributed by atoms with van der Waals surface area (Å²) in [5.41, 5.74) is 0.767. The van der Waals surface area contributed by atoms with Crippen molar-refractivity contribution in [2.24, 2.45) is 5.92 Å². The molecule has 0 aromatic heterocycles. The van der Waals surface area contributed by atoms with Crippen LogP contribution in [-0.2, 0) is 0 Å². The van der Waals surface area contributed by atoms with Crippen molar-refractivity contribution in [2.45, 2.75) is 31.3 Å². The van der Waals surface area contributed by atoms with Crippen molar-refractivity contribution in [2.75, 3.05) is 13.6 Å². The average molecular weight is 496 g/mol. The summed E-state index contributed by atoms with van der Waals surface area (Å²) >= 11 is 0. The van der Waals surface area contributed by atoms with Crippen LogP contribution >= 0.6 is 16.0 Å². The molecule has 2 unspecified atom stereocenters. The van der Waals surface area contributed by atoms with Crippen LogP contribution in [0.5, 0.6) is 0 Å². The third kappa shape index (κ3) is 5.92. The van der Waals surface area contributed by atoms with Gasteiger partial charge in [-0.05, 0) is 67.0 Å². The second-order valence-corrected chi connectivity index (χ2v) is 14.2. The fourth-order valence-electron chi connectivity index (χ4n) is 5.54. The van der Waals surface area contributed by atoms with E-state index >= 15 is 0 Å². The summed E-state index contributed by atoms with van der Waals surface area (Å²) in [7, 11) is 1.49. The molecule has 0 aliphatic heterocycles. The van der Waals surface area contributed by atoms with Crippen LogP contribution in [0, 0.1) is 5.92 Å². The minimum absolute atomic E-state index is 0.338. The van der Waals surface area contributed by atoms with E-state index in [-0.39, 0.29) is 7.92 Å². The number of benzene rings is 4. The van der Waals surface area contributed by atoms with Crippen LogP contribution in [0.3, 0.4) is 0 Å². The van der Waals surface area contributed by atoms with Crippen molar-refractivity contribution in [3.05, 3.63) is 121 Å². The molecule has 0 radical (unpaired) electrons. The topological polar surface area (TPSA) is 3.24 Å². The third-order valence-electron chi connectivity index (χ3n) is 7.19. The maximum Gasteiger partial charge on any atom is 0.0278 e. The van der Waals surface area contributed by atoms with Crippen LogP contribution in [0.1, 0.15) is 25.7 Å². The monoisotopic (exact) mass is 495 g/mol. The Morgan fingerprint density at radius 3 is 1.49 bits per heavy atom. The lowest BCUT2D eigenvalue weighted by Crippen LogP contribution is -2.30. The van der Waals surface area contributed by atoms with Gasteiger partial charge in [-0.1, -0.05) is 128 Å². The Labute approximate surface area is 213 Å². The van der Waals surface area contributed by atoms with Crippen LogP contribution in [0.15, 0.2) is 121 Å². The summed E-state index contributed by atoms with van der Waals surface area (Å²) in [6.45, 7) is 1.14. The molecular weight excluding hydrogens is 460 g/mol. The van der Waals surface area contributed by atoms with E-state index < -0.39 is 8.07 Å². The summed E-state index contributed by atoms with van der Waals surface area (Å²) in [5.74, 6) is 0.785. The summed E-state index contributed by atoms with van der Waals surface area (Å²) in [6, 6.07) is 44.8. The van der Waals surface area contributed by atoms with Crippen molar-refractivity contribution in [3.63, 3.8) is 0 Å². The summed E-state index contributed by atoms with van der Waals surface area (Å²) in [5, 5.41) is 5.95. The van der Waals surface area contributed by atoms with Crippen molar-refractivity contribution >= 4 is 37.2 Å². The minimum Gasteiger partial charge on any atom is -0.278 e. The molecule has 178 valence electrons. The van der Waals surface area contributed by atoms with Gasteiger partial charge in [-0.15, -0.1) is 0 Å². The highest BCUT2D eigenvalue weighted by Crippen LogP contribution is 2.51. The highest BCUT2D eigenvalue weighted by Gasteiger charge is 2.35. The molecule has 5 rings (SSSR count). The quantitative estimate of drug-likeness (QED) is 0.235. The normalized spacial score (nSPS) is 17.9. The molecule has 0 heterocycles. The smallest absolute Gasteiger partial charge is 0.0278 e. The number of hydrogen-bond acceptors (Lipinski definition) is 1. The zero-order chi connectivity index (χ0) is 23.9. The Morgan fingerprint density at radius 2 is 1.03 bits per heavy atom. The fourth-order valence-corrected chi connectivity index (χ4v) is 11.1. The molecule has 1 saturated carbocycles. The molecule has 2 atom stereocenters. The van der Waals surface area contributed by atoms with Gasteiger partial charge in [-0.25, -0.2) is 0 Å². The molecule has 0 N–H and O–H groups in total. The SMILES string of the molecule is CN(CCC1CCCC1P(c1ccccc1)c1ccccc1)P(c1ccccc1)c1ccccc1. The minimum atomic E-state index is -0.511. The fraction of sp³-hybridized carbons (Fsp3) is 0.250. The average Bonchev–Trinajstić information content (AvgIpc) is 3.38. The first-order chi connectivity index (χ1) is 17.3. The van der Waals surface area contributed by atoms with Gasteiger partial charge in [0.1, 0.15) is 0 Å². The van der Waals surface area contributed by atoms with Crippen LogP contribution in [0.2, 0.25) is 0 Å². The van der Waals surface area contributed by atoms with Gasteiger partial charge in [-0.3, -0.25) is 4.67 Å². The van der Waals surface area contributed by atoms with Gasteiger partial charge in [0.05, 0.1) is 0 Å². The molecule has 0 amide bonds. The van der Waals surface area contributed by atoms with E-state index in [0.29, 0.717) is 0 Å². The van der Waals surface area contributed by atoms with Gasteiger partial charge in [-0.2, -0.15) is 0 Å². The molecule has 4 aromatic carbocycles. The van der Waals surface area contributed by atoms with E-state index in [1.165, 1.54) is 46.9 Å². The molecule has 35 heavy (non-hydrogen) atoms. The Bertz CT molecular complexity index is 1070. The number of rotatable bonds is 9. The van der Waals surface area contributed by atoms with Gasteiger partial charge >= 0.3 is 0 Å². The first-order valence-corrected chi connectivity index (χ1v) is 15.5. The summed E-state index contributed by atoms with van der Waals surface area (Å²) < 4.78 is 2.64. The summed E-state index contributed by atoms with van der Waals surface area (Å²) in [6.07, 6.45) is 5.36. The molecule has 0 saturated heterocycles. The van der Waals surface area contributed by atoms with E-state index in [0.717, 1.165) is 18.1 Å². The van der Waals surface area contributed by atoms with Crippen molar-refractivity contribution < 1.29 is 0 Å². The second-order valence-electron chi connectivity index (χ2n) is 9.45. The van der Waals surface area contributed by atoms with Crippen LogP contribution in [0.4, 0.5) is 0 Å². The molecule has 1 aliphatic rings. The van der Waals surface area contributed by atoms with E-state index in [4.69, 9.17) is 0 Å². The highest BCUT2D eigenvalue weighted by molar-refractivity contribution is 7.73. The first kappa shape index (κ1) is 24.4. The summed E-state index contributed by atoms with van der Waals surface area (Å²) in [4.78, 5) is 0. The zero-order valence-electron chi connectivity index (χ0n) is 20.6. The lowest BCUT2D eigenvalue weighted by atomic mass is 10.0. The van der Waals surface area contributed by atoms with E-state index in [1.807, 2.05) is 0 Å². The predicted octanol–water partition coefficient (Wildman–Crippen LogP) is 6.66. The predicted molar refractivity (Wildman–Crippen MR) is 157 cm³/mol. The van der Waals surface area contributed by atoms with Gasteiger partial charge < -0.3 is 0 Å². The molecule has 4 aromatic rings. The van der Waals surface area contributed by atoms with Crippen LogP contribution < -0.4 is 21.2 Å². The molecule has 1 aliphatic carbocycles. The van der Waals surface area contributed by atoms with Crippen molar-refractivity contribution in [3.8, 4) is 0 Å². The molecule has 3 heteroatoms. The molecular formula is C32H35NP2. The Hall–Kier alpha value is -2.30. The number of hydrogen-bond donors (Lipinski definition) is 0. The number of nitrogens with zero attached hydrogens (tertiary/aromatic N) is 1. The lowest BCUT2D eigenvalue weighted by molar-refractivity contribution is 0.433. The Kier molecular flexibility index (Phi) is 8.43. The van der Waals surface area contributed by atoms with Crippen molar-refractivity contribution in [1.29, 1.82) is 0 Å². The van der Waals surface area contributed by atoms with Gasteiger partial charge in [0.25, 0.3) is 0 Å². The van der Waals surface area contributed by atoms with Gasteiger partial charge in [0.15, 0.2) is 0 Å². The van der Waals surface area contributed by atoms with E-state index in [9.17, 15) is 0 Å². The standard InChI is InChI=1S/C32H35NP2/c1-33(35(30-20-10-4-11-21-30)31-22-12-5-13-23-31)26-25-27-15-14-24-32(27)34(28-16-6-2-7-17-28)29-18-8-3-9-19-29/h2-13,16-23,27,32H,14-15,24-26H2,1H3. The zero-order valence-corrected chi connectivity index (χ0v) is 22.4. The molecule has 1 fully saturated rings. The lowest BCUT2D eigenvalue weighted by Gasteiger charge is -2.33. The first-order valence-electron chi connectivity index (χ1n) is 12.8. The Balaban J connectivity index is 1.36. The molecule has 0 spiro atoms. The largest absolute Gasteiger partial charge is 0.278 e. The van der Waals surface area contributed by atoms with E-state index in [2.05, 4.69) is 133 Å². The Morgan fingerprint density at radius 1 is 0.600 bits per heavy atom. The second kappa shape index (κ2) is 12.1. The maximum atomic E-state index is 2.64. The van der Waals surface area contributed by atoms with Crippen LogP contribution in [0.25, 0.3) is 0 Å². The maximum absolute atomic E-state index is 2.64.